The first-order valence-corrected chi connectivity index (χ1v) is 8.97. The molecule has 18 heavy (non-hydrogen) atoms. The van der Waals surface area contributed by atoms with Gasteiger partial charge < -0.3 is 10.4 Å². The number of sulfone groups is 1. The summed E-state index contributed by atoms with van der Waals surface area (Å²) in [5, 5.41) is 13.0. The molecule has 5 heteroatoms. The maximum absolute atomic E-state index is 11.0. The normalized spacial score (nSPS) is 21.7. The number of nitrogens with one attached hydrogen (secondary N) is 1. The van der Waals surface area contributed by atoms with Gasteiger partial charge in [-0.1, -0.05) is 19.3 Å². The van der Waals surface area contributed by atoms with Gasteiger partial charge in [0.1, 0.15) is 9.84 Å². The van der Waals surface area contributed by atoms with Crippen molar-refractivity contribution in [2.45, 2.75) is 51.0 Å². The van der Waals surface area contributed by atoms with Crippen LogP contribution in [-0.4, -0.2) is 44.2 Å². The minimum atomic E-state index is -2.88. The molecule has 0 aliphatic heterocycles. The highest BCUT2D eigenvalue weighted by Gasteiger charge is 2.33. The molecule has 0 spiro atoms. The van der Waals surface area contributed by atoms with Crippen molar-refractivity contribution in [3.8, 4) is 0 Å². The van der Waals surface area contributed by atoms with Crippen molar-refractivity contribution in [3.63, 3.8) is 0 Å². The van der Waals surface area contributed by atoms with Gasteiger partial charge >= 0.3 is 0 Å². The summed E-state index contributed by atoms with van der Waals surface area (Å²) in [6.07, 6.45) is 7.98. The third kappa shape index (κ3) is 5.24. The maximum atomic E-state index is 11.0. The van der Waals surface area contributed by atoms with E-state index in [1.165, 1.54) is 25.5 Å². The molecule has 1 aliphatic carbocycles. The quantitative estimate of drug-likeness (QED) is 0.689. The molecule has 108 valence electrons. The first-order chi connectivity index (χ1) is 8.37. The SMILES string of the molecule is C[C@](CO)(NCCCS(C)(=O)=O)C1CCCCC1. The second kappa shape index (κ2) is 6.87. The van der Waals surface area contributed by atoms with E-state index in [1.807, 2.05) is 0 Å². The molecule has 0 aromatic rings. The van der Waals surface area contributed by atoms with Crippen molar-refractivity contribution in [3.05, 3.63) is 0 Å². The van der Waals surface area contributed by atoms with Crippen LogP contribution >= 0.6 is 0 Å². The minimum absolute atomic E-state index is 0.122. The van der Waals surface area contributed by atoms with Crippen LogP contribution < -0.4 is 5.32 Å². The Bertz CT molecular complexity index is 336. The second-order valence-corrected chi connectivity index (χ2v) is 8.08. The largest absolute Gasteiger partial charge is 0.394 e. The van der Waals surface area contributed by atoms with Crippen molar-refractivity contribution in [2.75, 3.05) is 25.2 Å². The lowest BCUT2D eigenvalue weighted by atomic mass is 9.76. The average molecular weight is 277 g/mol. The molecule has 1 atom stereocenters. The minimum Gasteiger partial charge on any atom is -0.394 e. The molecule has 1 aliphatic rings. The van der Waals surface area contributed by atoms with Gasteiger partial charge in [-0.05, 0) is 38.6 Å². The molecule has 2 N–H and O–H groups in total. The molecule has 0 bridgehead atoms. The Morgan fingerprint density at radius 3 is 2.39 bits per heavy atom. The van der Waals surface area contributed by atoms with Crippen LogP contribution in [0.15, 0.2) is 0 Å². The van der Waals surface area contributed by atoms with Gasteiger partial charge in [0, 0.05) is 11.8 Å². The van der Waals surface area contributed by atoms with Crippen LogP contribution in [0.5, 0.6) is 0 Å². The molecule has 0 heterocycles. The van der Waals surface area contributed by atoms with E-state index in [1.54, 1.807) is 0 Å². The van der Waals surface area contributed by atoms with Crippen molar-refractivity contribution < 1.29 is 13.5 Å². The molecule has 0 unspecified atom stereocenters. The lowest BCUT2D eigenvalue weighted by molar-refractivity contribution is 0.0956. The van der Waals surface area contributed by atoms with Gasteiger partial charge in [-0.2, -0.15) is 0 Å². The summed E-state index contributed by atoms with van der Waals surface area (Å²) in [5.74, 6) is 0.723. The molecule has 0 aromatic heterocycles. The molecule has 0 aromatic carbocycles. The Labute approximate surface area is 111 Å². The summed E-state index contributed by atoms with van der Waals surface area (Å²) < 4.78 is 22.1. The van der Waals surface area contributed by atoms with Crippen molar-refractivity contribution in [1.82, 2.24) is 5.32 Å². The van der Waals surface area contributed by atoms with Gasteiger partial charge in [0.15, 0.2) is 0 Å². The highest BCUT2D eigenvalue weighted by Crippen LogP contribution is 2.32. The molecular weight excluding hydrogens is 250 g/mol. The number of aliphatic hydroxyl groups is 1. The van der Waals surface area contributed by atoms with Crippen LogP contribution in [-0.2, 0) is 9.84 Å². The molecular formula is C13H27NO3S. The Kier molecular flexibility index (Phi) is 6.08. The summed E-state index contributed by atoms with van der Waals surface area (Å²) in [7, 11) is -2.88. The smallest absolute Gasteiger partial charge is 0.147 e. The number of hydrogen-bond donors (Lipinski definition) is 2. The zero-order chi connectivity index (χ0) is 13.6. The Morgan fingerprint density at radius 1 is 1.28 bits per heavy atom. The van der Waals surface area contributed by atoms with E-state index in [9.17, 15) is 13.5 Å². The first kappa shape index (κ1) is 15.9. The molecule has 1 rings (SSSR count). The van der Waals surface area contributed by atoms with Crippen molar-refractivity contribution >= 4 is 9.84 Å². The van der Waals surface area contributed by atoms with E-state index in [0.717, 1.165) is 12.8 Å². The fourth-order valence-electron chi connectivity index (χ4n) is 2.78. The van der Waals surface area contributed by atoms with E-state index in [-0.39, 0.29) is 17.9 Å². The standard InChI is InChI=1S/C13H27NO3S/c1-13(11-15,12-7-4-3-5-8-12)14-9-6-10-18(2,16)17/h12,14-15H,3-11H2,1-2H3/t13-/m1/s1. The third-order valence-electron chi connectivity index (χ3n) is 4.06. The van der Waals surface area contributed by atoms with E-state index in [4.69, 9.17) is 0 Å². The highest BCUT2D eigenvalue weighted by atomic mass is 32.2. The van der Waals surface area contributed by atoms with Gasteiger partial charge in [0.25, 0.3) is 0 Å². The molecule has 0 radical (unpaired) electrons. The Balaban J connectivity index is 2.39. The zero-order valence-electron chi connectivity index (χ0n) is 11.6. The zero-order valence-corrected chi connectivity index (χ0v) is 12.4. The maximum Gasteiger partial charge on any atom is 0.147 e. The predicted molar refractivity (Wildman–Crippen MR) is 74.4 cm³/mol. The topological polar surface area (TPSA) is 66.4 Å². The molecule has 1 saturated carbocycles. The fraction of sp³-hybridized carbons (Fsp3) is 1.00. The van der Waals surface area contributed by atoms with Gasteiger partial charge in [-0.15, -0.1) is 0 Å². The van der Waals surface area contributed by atoms with Crippen molar-refractivity contribution in [2.24, 2.45) is 5.92 Å². The van der Waals surface area contributed by atoms with E-state index in [2.05, 4.69) is 12.2 Å². The summed E-state index contributed by atoms with van der Waals surface area (Å²) in [5.41, 5.74) is -0.252. The number of aliphatic hydroxyl groups excluding tert-OH is 1. The fourth-order valence-corrected chi connectivity index (χ4v) is 3.45. The van der Waals surface area contributed by atoms with Gasteiger partial charge in [-0.3, -0.25) is 0 Å². The molecule has 1 fully saturated rings. The summed E-state index contributed by atoms with van der Waals surface area (Å²) in [4.78, 5) is 0. The van der Waals surface area contributed by atoms with Crippen LogP contribution in [0.3, 0.4) is 0 Å². The lowest BCUT2D eigenvalue weighted by Gasteiger charge is -2.39. The van der Waals surface area contributed by atoms with Crippen molar-refractivity contribution in [1.29, 1.82) is 0 Å². The van der Waals surface area contributed by atoms with Gasteiger partial charge in [0.05, 0.1) is 12.4 Å². The lowest BCUT2D eigenvalue weighted by Crippen LogP contribution is -2.52. The van der Waals surface area contributed by atoms with Gasteiger partial charge in [0.2, 0.25) is 0 Å². The van der Waals surface area contributed by atoms with Crippen LogP contribution in [0.4, 0.5) is 0 Å². The highest BCUT2D eigenvalue weighted by molar-refractivity contribution is 7.90. The van der Waals surface area contributed by atoms with Gasteiger partial charge in [-0.25, -0.2) is 8.42 Å². The predicted octanol–water partition coefficient (Wildman–Crippen LogP) is 1.34. The summed E-state index contributed by atoms with van der Waals surface area (Å²) in [6, 6.07) is 0. The average Bonchev–Trinajstić information content (AvgIpc) is 2.34. The van der Waals surface area contributed by atoms with Crippen LogP contribution in [0, 0.1) is 5.92 Å². The van der Waals surface area contributed by atoms with E-state index < -0.39 is 9.84 Å². The van der Waals surface area contributed by atoms with Crippen LogP contribution in [0.2, 0.25) is 0 Å². The van der Waals surface area contributed by atoms with E-state index in [0.29, 0.717) is 18.9 Å². The first-order valence-electron chi connectivity index (χ1n) is 6.91. The Morgan fingerprint density at radius 2 is 1.89 bits per heavy atom. The van der Waals surface area contributed by atoms with Crippen LogP contribution in [0.25, 0.3) is 0 Å². The summed E-state index contributed by atoms with van der Waals surface area (Å²) in [6.45, 7) is 2.83. The number of rotatable bonds is 7. The second-order valence-electron chi connectivity index (χ2n) is 5.82. The van der Waals surface area contributed by atoms with Crippen LogP contribution in [0.1, 0.15) is 45.4 Å². The molecule has 0 saturated heterocycles. The number of hydrogen-bond acceptors (Lipinski definition) is 4. The summed E-state index contributed by atoms with van der Waals surface area (Å²) >= 11 is 0. The van der Waals surface area contributed by atoms with E-state index >= 15 is 0 Å². The monoisotopic (exact) mass is 277 g/mol. The molecule has 4 nitrogen and oxygen atoms in total. The Hall–Kier alpha value is -0.130. The molecule has 0 amide bonds. The third-order valence-corrected chi connectivity index (χ3v) is 5.09.